The van der Waals surface area contributed by atoms with Gasteiger partial charge in [0.1, 0.15) is 6.54 Å². The van der Waals surface area contributed by atoms with Crippen LogP contribution in [0.25, 0.3) is 0 Å². The van der Waals surface area contributed by atoms with Gasteiger partial charge in [-0.15, -0.1) is 0 Å². The number of hydrogen-bond acceptors (Lipinski definition) is 3. The molecule has 82 valence electrons. The van der Waals surface area contributed by atoms with Crippen LogP contribution in [-0.4, -0.2) is 54.2 Å². The number of urea groups is 1. The number of aliphatic carboxylic acids is 1. The number of carbonyl (C=O) groups is 2. The maximum Gasteiger partial charge on any atom is 0.323 e. The molecule has 0 radical (unpaired) electrons. The zero-order valence-corrected chi connectivity index (χ0v) is 9.26. The number of hydrogen-bond donors (Lipinski definition) is 2. The highest BCUT2D eigenvalue weighted by atomic mass is 32.2. The first-order valence-corrected chi connectivity index (χ1v) is 5.67. The molecule has 14 heavy (non-hydrogen) atoms. The molecule has 0 saturated carbocycles. The smallest absolute Gasteiger partial charge is 0.323 e. The monoisotopic (exact) mass is 220 g/mol. The normalized spacial score (nSPS) is 9.57. The average Bonchev–Trinajstić information content (AvgIpc) is 2.11. The predicted molar refractivity (Wildman–Crippen MR) is 56.7 cm³/mol. The molecule has 2 N–H and O–H groups in total. The SMILES string of the molecule is CSCCCNC(=O)N(C)CC(=O)O. The third-order valence-electron chi connectivity index (χ3n) is 1.52. The number of carbonyl (C=O) groups excluding carboxylic acids is 1. The molecule has 0 heterocycles. The lowest BCUT2D eigenvalue weighted by atomic mass is 10.5. The molecule has 0 fully saturated rings. The summed E-state index contributed by atoms with van der Waals surface area (Å²) in [6, 6.07) is -0.339. The van der Waals surface area contributed by atoms with E-state index < -0.39 is 5.97 Å². The van der Waals surface area contributed by atoms with Crippen LogP contribution >= 0.6 is 11.8 Å². The topological polar surface area (TPSA) is 69.6 Å². The largest absolute Gasteiger partial charge is 0.480 e. The zero-order valence-electron chi connectivity index (χ0n) is 8.45. The molecule has 0 aromatic carbocycles. The molecule has 0 saturated heterocycles. The number of carboxylic acid groups (broad SMARTS) is 1. The van der Waals surface area contributed by atoms with Gasteiger partial charge < -0.3 is 15.3 Å². The van der Waals surface area contributed by atoms with Crippen molar-refractivity contribution < 1.29 is 14.7 Å². The van der Waals surface area contributed by atoms with Crippen molar-refractivity contribution in [3.8, 4) is 0 Å². The second-order valence-electron chi connectivity index (χ2n) is 2.83. The Balaban J connectivity index is 3.57. The van der Waals surface area contributed by atoms with E-state index in [1.165, 1.54) is 7.05 Å². The van der Waals surface area contributed by atoms with Crippen LogP contribution in [0.1, 0.15) is 6.42 Å². The maximum absolute atomic E-state index is 11.2. The van der Waals surface area contributed by atoms with Gasteiger partial charge in [-0.1, -0.05) is 0 Å². The highest BCUT2D eigenvalue weighted by Gasteiger charge is 2.10. The molecule has 0 aliphatic rings. The van der Waals surface area contributed by atoms with E-state index in [1.807, 2.05) is 6.26 Å². The van der Waals surface area contributed by atoms with Gasteiger partial charge in [0.2, 0.25) is 0 Å². The molecule has 5 nitrogen and oxygen atoms in total. The summed E-state index contributed by atoms with van der Waals surface area (Å²) in [5, 5.41) is 11.1. The van der Waals surface area contributed by atoms with Gasteiger partial charge in [-0.25, -0.2) is 4.79 Å². The van der Waals surface area contributed by atoms with Crippen LogP contribution in [0, 0.1) is 0 Å². The Morgan fingerprint density at radius 1 is 1.50 bits per heavy atom. The molecule has 0 atom stereocenters. The van der Waals surface area contributed by atoms with Crippen LogP contribution in [0.4, 0.5) is 4.79 Å². The van der Waals surface area contributed by atoms with Gasteiger partial charge in [-0.05, 0) is 18.4 Å². The number of nitrogens with one attached hydrogen (secondary N) is 1. The predicted octanol–water partition coefficient (Wildman–Crippen LogP) is 0.466. The first kappa shape index (κ1) is 13.1. The van der Waals surface area contributed by atoms with Gasteiger partial charge >= 0.3 is 12.0 Å². The fourth-order valence-electron chi connectivity index (χ4n) is 0.821. The minimum absolute atomic E-state index is 0.269. The third kappa shape index (κ3) is 6.59. The Morgan fingerprint density at radius 2 is 2.14 bits per heavy atom. The zero-order chi connectivity index (χ0) is 11.0. The Bertz CT molecular complexity index is 199. The molecule has 2 amide bonds. The molecular formula is C8H16N2O3S. The summed E-state index contributed by atoms with van der Waals surface area (Å²) >= 11 is 1.71. The lowest BCUT2D eigenvalue weighted by Crippen LogP contribution is -2.40. The van der Waals surface area contributed by atoms with Crippen molar-refractivity contribution in [2.45, 2.75) is 6.42 Å². The molecule has 0 aromatic rings. The molecule has 0 rings (SSSR count). The number of thioether (sulfide) groups is 1. The van der Waals surface area contributed by atoms with Crippen LogP contribution in [0.5, 0.6) is 0 Å². The van der Waals surface area contributed by atoms with E-state index in [4.69, 9.17) is 5.11 Å². The molecule has 0 spiro atoms. The molecule has 0 aromatic heterocycles. The fraction of sp³-hybridized carbons (Fsp3) is 0.750. The Hall–Kier alpha value is -0.910. The summed E-state index contributed by atoms with van der Waals surface area (Å²) in [6.07, 6.45) is 2.90. The highest BCUT2D eigenvalue weighted by Crippen LogP contribution is 1.93. The van der Waals surface area contributed by atoms with Gasteiger partial charge in [0.25, 0.3) is 0 Å². The van der Waals surface area contributed by atoms with Gasteiger partial charge in [0.15, 0.2) is 0 Å². The minimum Gasteiger partial charge on any atom is -0.480 e. The van der Waals surface area contributed by atoms with Crippen molar-refractivity contribution >= 4 is 23.8 Å². The van der Waals surface area contributed by atoms with Crippen molar-refractivity contribution in [3.63, 3.8) is 0 Å². The maximum atomic E-state index is 11.2. The van der Waals surface area contributed by atoms with Crippen molar-refractivity contribution in [1.29, 1.82) is 0 Å². The molecule has 0 bridgehead atoms. The summed E-state index contributed by atoms with van der Waals surface area (Å²) < 4.78 is 0. The van der Waals surface area contributed by atoms with E-state index in [1.54, 1.807) is 11.8 Å². The molecule has 0 aliphatic heterocycles. The van der Waals surface area contributed by atoms with Gasteiger partial charge in [0.05, 0.1) is 0 Å². The van der Waals surface area contributed by atoms with E-state index in [-0.39, 0.29) is 12.6 Å². The quantitative estimate of drug-likeness (QED) is 0.638. The lowest BCUT2D eigenvalue weighted by Gasteiger charge is -2.15. The van der Waals surface area contributed by atoms with Crippen LogP contribution in [-0.2, 0) is 4.79 Å². The second-order valence-corrected chi connectivity index (χ2v) is 3.81. The third-order valence-corrected chi connectivity index (χ3v) is 2.22. The standard InChI is InChI=1S/C8H16N2O3S/c1-10(6-7(11)12)8(13)9-4-3-5-14-2/h3-6H2,1-2H3,(H,9,13)(H,11,12). The Kier molecular flexibility index (Phi) is 7.00. The highest BCUT2D eigenvalue weighted by molar-refractivity contribution is 7.98. The number of amides is 2. The summed E-state index contributed by atoms with van der Waals surface area (Å²) in [7, 11) is 1.46. The minimum atomic E-state index is -1.01. The van der Waals surface area contributed by atoms with E-state index in [2.05, 4.69) is 5.32 Å². The molecule has 0 aliphatic carbocycles. The van der Waals surface area contributed by atoms with Crippen LogP contribution < -0.4 is 5.32 Å². The first-order chi connectivity index (χ1) is 6.57. The summed E-state index contributed by atoms with van der Waals surface area (Å²) in [4.78, 5) is 22.6. The van der Waals surface area contributed by atoms with E-state index in [0.29, 0.717) is 6.54 Å². The summed E-state index contributed by atoms with van der Waals surface area (Å²) in [5.41, 5.74) is 0. The number of likely N-dealkylation sites (N-methyl/N-ethyl adjacent to an activating group) is 1. The van der Waals surface area contributed by atoms with E-state index in [0.717, 1.165) is 17.1 Å². The number of nitrogens with zero attached hydrogens (tertiary/aromatic N) is 1. The fourth-order valence-corrected chi connectivity index (χ4v) is 1.25. The lowest BCUT2D eigenvalue weighted by molar-refractivity contribution is -0.137. The van der Waals surface area contributed by atoms with Gasteiger partial charge in [0, 0.05) is 13.6 Å². The van der Waals surface area contributed by atoms with Gasteiger partial charge in [-0.2, -0.15) is 11.8 Å². The Morgan fingerprint density at radius 3 is 2.64 bits per heavy atom. The first-order valence-electron chi connectivity index (χ1n) is 4.27. The Labute approximate surface area is 87.8 Å². The molecule has 6 heteroatoms. The van der Waals surface area contributed by atoms with Crippen molar-refractivity contribution in [1.82, 2.24) is 10.2 Å². The summed E-state index contributed by atoms with van der Waals surface area (Å²) in [5.74, 6) is -0.0186. The summed E-state index contributed by atoms with van der Waals surface area (Å²) in [6.45, 7) is 0.317. The van der Waals surface area contributed by atoms with Crippen LogP contribution in [0.3, 0.4) is 0 Å². The molecular weight excluding hydrogens is 204 g/mol. The second kappa shape index (κ2) is 7.49. The van der Waals surface area contributed by atoms with Gasteiger partial charge in [-0.3, -0.25) is 4.79 Å². The average molecular weight is 220 g/mol. The van der Waals surface area contributed by atoms with Crippen molar-refractivity contribution in [2.75, 3.05) is 32.1 Å². The number of rotatable bonds is 6. The van der Waals surface area contributed by atoms with Crippen molar-refractivity contribution in [2.24, 2.45) is 0 Å². The van der Waals surface area contributed by atoms with Crippen LogP contribution in [0.15, 0.2) is 0 Å². The van der Waals surface area contributed by atoms with E-state index >= 15 is 0 Å². The van der Waals surface area contributed by atoms with Crippen LogP contribution in [0.2, 0.25) is 0 Å². The number of carboxylic acids is 1. The van der Waals surface area contributed by atoms with Crippen molar-refractivity contribution in [3.05, 3.63) is 0 Å². The molecule has 0 unspecified atom stereocenters. The van der Waals surface area contributed by atoms with E-state index in [9.17, 15) is 9.59 Å².